The molecule has 0 spiro atoms. The Morgan fingerprint density at radius 2 is 2.00 bits per heavy atom. The highest BCUT2D eigenvalue weighted by atomic mass is 32.2. The van der Waals surface area contributed by atoms with Gasteiger partial charge >= 0.3 is 0 Å². The van der Waals surface area contributed by atoms with E-state index >= 15 is 0 Å². The fraction of sp³-hybridized carbons (Fsp3) is 0.421. The number of rotatable bonds is 5. The van der Waals surface area contributed by atoms with Crippen LogP contribution in [0.15, 0.2) is 39.6 Å². The van der Waals surface area contributed by atoms with Crippen molar-refractivity contribution in [2.45, 2.75) is 50.7 Å². The third-order valence-electron chi connectivity index (χ3n) is 4.57. The van der Waals surface area contributed by atoms with Crippen molar-refractivity contribution in [3.63, 3.8) is 0 Å². The van der Waals surface area contributed by atoms with Crippen LogP contribution in [0, 0.1) is 6.92 Å². The van der Waals surface area contributed by atoms with Gasteiger partial charge in [0, 0.05) is 13.1 Å². The van der Waals surface area contributed by atoms with E-state index in [2.05, 4.69) is 4.72 Å². The van der Waals surface area contributed by atoms with Crippen LogP contribution in [0.5, 0.6) is 0 Å². The van der Waals surface area contributed by atoms with Gasteiger partial charge < -0.3 is 15.1 Å². The van der Waals surface area contributed by atoms with Crippen molar-refractivity contribution in [1.29, 1.82) is 0 Å². The number of nitrogens with two attached hydrogens (primary N) is 1. The lowest BCUT2D eigenvalue weighted by molar-refractivity contribution is -0.136. The molecule has 0 bridgehead atoms. The molecule has 0 radical (unpaired) electrons. The summed E-state index contributed by atoms with van der Waals surface area (Å²) in [7, 11) is -3.69. The van der Waals surface area contributed by atoms with E-state index in [9.17, 15) is 13.2 Å². The van der Waals surface area contributed by atoms with Crippen LogP contribution in [0.4, 0.5) is 0 Å². The van der Waals surface area contributed by atoms with Crippen LogP contribution in [0.2, 0.25) is 0 Å². The van der Waals surface area contributed by atoms with Crippen molar-refractivity contribution in [3.05, 3.63) is 53.0 Å². The molecule has 146 valence electrons. The lowest BCUT2D eigenvalue weighted by Crippen LogP contribution is -2.52. The van der Waals surface area contributed by atoms with Crippen LogP contribution in [0.1, 0.15) is 36.5 Å². The number of carbonyl (C=O) groups excluding carboxylic acids is 1. The van der Waals surface area contributed by atoms with Crippen LogP contribution in [0.25, 0.3) is 0 Å². The number of fused-ring (bicyclic) bond motifs is 1. The molecular formula is C19H25N3O4S. The summed E-state index contributed by atoms with van der Waals surface area (Å²) in [5.74, 6) is 1.13. The summed E-state index contributed by atoms with van der Waals surface area (Å²) in [5, 5.41) is 0. The molecular weight excluding hydrogens is 366 g/mol. The summed E-state index contributed by atoms with van der Waals surface area (Å²) in [6.07, 6.45) is 0.677. The number of carbonyl (C=O) groups is 1. The molecule has 0 atom stereocenters. The Labute approximate surface area is 159 Å². The Kier molecular flexibility index (Phi) is 5.16. The minimum absolute atomic E-state index is 0.0826. The zero-order chi connectivity index (χ0) is 19.8. The number of nitrogens with one attached hydrogen (secondary N) is 1. The molecule has 1 aliphatic heterocycles. The van der Waals surface area contributed by atoms with Crippen LogP contribution in [-0.2, 0) is 34.3 Å². The Morgan fingerprint density at radius 3 is 2.63 bits per heavy atom. The number of hydrogen-bond donors (Lipinski definition) is 2. The van der Waals surface area contributed by atoms with Gasteiger partial charge in [-0.05, 0) is 62.6 Å². The molecule has 2 heterocycles. The molecule has 1 aromatic heterocycles. The monoisotopic (exact) mass is 391 g/mol. The van der Waals surface area contributed by atoms with E-state index < -0.39 is 15.6 Å². The number of nitrogens with zero attached hydrogens (tertiary/aromatic N) is 1. The fourth-order valence-corrected chi connectivity index (χ4v) is 4.15. The quantitative estimate of drug-likeness (QED) is 0.807. The van der Waals surface area contributed by atoms with Gasteiger partial charge in [-0.2, -0.15) is 0 Å². The van der Waals surface area contributed by atoms with Crippen molar-refractivity contribution < 1.29 is 17.6 Å². The Balaban J connectivity index is 1.77. The van der Waals surface area contributed by atoms with Gasteiger partial charge in [0.25, 0.3) is 0 Å². The van der Waals surface area contributed by atoms with Gasteiger partial charge in [-0.15, -0.1) is 0 Å². The van der Waals surface area contributed by atoms with Gasteiger partial charge in [0.15, 0.2) is 0 Å². The molecule has 3 N–H and O–H groups in total. The Morgan fingerprint density at radius 1 is 1.26 bits per heavy atom. The molecule has 3 rings (SSSR count). The summed E-state index contributed by atoms with van der Waals surface area (Å²) in [6.45, 7) is 6.17. The zero-order valence-electron chi connectivity index (χ0n) is 15.8. The maximum absolute atomic E-state index is 12.6. The van der Waals surface area contributed by atoms with Crippen LogP contribution in [0.3, 0.4) is 0 Å². The second-order valence-corrected chi connectivity index (χ2v) is 9.23. The first kappa shape index (κ1) is 19.6. The van der Waals surface area contributed by atoms with Crippen molar-refractivity contribution >= 4 is 15.9 Å². The number of hydrogen-bond acceptors (Lipinski definition) is 5. The van der Waals surface area contributed by atoms with Gasteiger partial charge in [-0.1, -0.05) is 6.07 Å². The van der Waals surface area contributed by atoms with E-state index in [1.165, 1.54) is 0 Å². The highest BCUT2D eigenvalue weighted by Gasteiger charge is 2.30. The summed E-state index contributed by atoms with van der Waals surface area (Å²) in [6, 6.07) is 8.57. The number of furan rings is 1. The lowest BCUT2D eigenvalue weighted by atomic mass is 9.97. The molecule has 1 aliphatic rings. The fourth-order valence-electron chi connectivity index (χ4n) is 3.11. The molecule has 27 heavy (non-hydrogen) atoms. The van der Waals surface area contributed by atoms with Crippen molar-refractivity contribution in [3.8, 4) is 0 Å². The average molecular weight is 391 g/mol. The molecule has 7 nitrogen and oxygen atoms in total. The van der Waals surface area contributed by atoms with Crippen LogP contribution in [-0.4, -0.2) is 31.3 Å². The molecule has 1 aromatic carbocycles. The van der Waals surface area contributed by atoms with Crippen LogP contribution >= 0.6 is 0 Å². The molecule has 0 saturated carbocycles. The van der Waals surface area contributed by atoms with Crippen molar-refractivity contribution in [2.24, 2.45) is 5.73 Å². The predicted molar refractivity (Wildman–Crippen MR) is 101 cm³/mol. The number of sulfonamides is 1. The molecule has 0 unspecified atom stereocenters. The van der Waals surface area contributed by atoms with E-state index in [0.29, 0.717) is 25.3 Å². The second kappa shape index (κ2) is 7.10. The maximum atomic E-state index is 12.6. The minimum Gasteiger partial charge on any atom is -0.465 e. The molecule has 0 aliphatic carbocycles. The molecule has 0 fully saturated rings. The summed E-state index contributed by atoms with van der Waals surface area (Å²) in [5.41, 5.74) is 6.84. The standard InChI is InChI=1S/C19H25N3O4S/c1-13-4-6-16(26-13)11-21-27(24,25)17-7-5-14-8-9-22(12-15(14)10-17)18(23)19(2,3)20/h4-7,10,21H,8-9,11-12,20H2,1-3H3. The summed E-state index contributed by atoms with van der Waals surface area (Å²) in [4.78, 5) is 14.3. The Bertz CT molecular complexity index is 958. The number of benzene rings is 1. The largest absolute Gasteiger partial charge is 0.465 e. The number of aryl methyl sites for hydroxylation is 1. The van der Waals surface area contributed by atoms with E-state index in [1.54, 1.807) is 49.9 Å². The van der Waals surface area contributed by atoms with E-state index in [0.717, 1.165) is 16.9 Å². The van der Waals surface area contributed by atoms with Crippen molar-refractivity contribution in [2.75, 3.05) is 6.54 Å². The smallest absolute Gasteiger partial charge is 0.242 e. The van der Waals surface area contributed by atoms with E-state index in [-0.39, 0.29) is 17.3 Å². The SMILES string of the molecule is Cc1ccc(CNS(=O)(=O)c2ccc3c(c2)CN(C(=O)C(C)(C)N)CC3)o1. The van der Waals surface area contributed by atoms with Gasteiger partial charge in [0.2, 0.25) is 15.9 Å². The first-order valence-electron chi connectivity index (χ1n) is 8.81. The van der Waals surface area contributed by atoms with Crippen molar-refractivity contribution in [1.82, 2.24) is 9.62 Å². The first-order chi connectivity index (χ1) is 12.6. The van der Waals surface area contributed by atoms with Crippen LogP contribution < -0.4 is 10.5 Å². The lowest BCUT2D eigenvalue weighted by Gasteiger charge is -2.33. The molecule has 0 saturated heterocycles. The highest BCUT2D eigenvalue weighted by molar-refractivity contribution is 7.89. The normalized spacial score (nSPS) is 14.9. The maximum Gasteiger partial charge on any atom is 0.242 e. The highest BCUT2D eigenvalue weighted by Crippen LogP contribution is 2.24. The topological polar surface area (TPSA) is 106 Å². The van der Waals surface area contributed by atoms with E-state index in [4.69, 9.17) is 10.2 Å². The third kappa shape index (κ3) is 4.40. The molecule has 1 amide bonds. The Hall–Kier alpha value is -2.16. The van der Waals surface area contributed by atoms with Gasteiger partial charge in [0.05, 0.1) is 17.0 Å². The number of amides is 1. The zero-order valence-corrected chi connectivity index (χ0v) is 16.6. The average Bonchev–Trinajstić information content (AvgIpc) is 3.03. The third-order valence-corrected chi connectivity index (χ3v) is 5.97. The van der Waals surface area contributed by atoms with Gasteiger partial charge in [-0.25, -0.2) is 13.1 Å². The predicted octanol–water partition coefficient (Wildman–Crippen LogP) is 1.69. The molecule has 8 heteroatoms. The molecule has 2 aromatic rings. The summed E-state index contributed by atoms with van der Waals surface area (Å²) < 4.78 is 33.2. The van der Waals surface area contributed by atoms with Gasteiger partial charge in [-0.3, -0.25) is 4.79 Å². The minimum atomic E-state index is -3.69. The van der Waals surface area contributed by atoms with Gasteiger partial charge in [0.1, 0.15) is 11.5 Å². The second-order valence-electron chi connectivity index (χ2n) is 7.47. The first-order valence-corrected chi connectivity index (χ1v) is 10.3. The van der Waals surface area contributed by atoms with E-state index in [1.807, 2.05) is 6.07 Å². The summed E-state index contributed by atoms with van der Waals surface area (Å²) >= 11 is 0.